The van der Waals surface area contributed by atoms with Gasteiger partial charge in [-0.05, 0) is 32.4 Å². The number of carbonyl (C=O) groups is 1. The van der Waals surface area contributed by atoms with Gasteiger partial charge in [0, 0.05) is 19.5 Å². The van der Waals surface area contributed by atoms with E-state index >= 15 is 0 Å². The van der Waals surface area contributed by atoms with Gasteiger partial charge in [-0.25, -0.2) is 0 Å². The van der Waals surface area contributed by atoms with Crippen molar-refractivity contribution in [2.24, 2.45) is 0 Å². The number of anilines is 1. The van der Waals surface area contributed by atoms with Crippen LogP contribution in [0.2, 0.25) is 0 Å². The molecule has 1 aromatic rings. The summed E-state index contributed by atoms with van der Waals surface area (Å²) in [5.41, 5.74) is 1.15. The van der Waals surface area contributed by atoms with Crippen LogP contribution in [0, 0.1) is 6.42 Å². The van der Waals surface area contributed by atoms with Crippen molar-refractivity contribution in [3.05, 3.63) is 30.2 Å². The quantitative estimate of drug-likeness (QED) is 0.542. The van der Waals surface area contributed by atoms with Crippen molar-refractivity contribution in [2.75, 3.05) is 18.0 Å². The van der Waals surface area contributed by atoms with Crippen molar-refractivity contribution < 1.29 is 9.90 Å². The Hall–Kier alpha value is -1.51. The maximum Gasteiger partial charge on any atom is 0.170 e. The predicted molar refractivity (Wildman–Crippen MR) is 84.4 cm³/mol. The van der Waals surface area contributed by atoms with Crippen LogP contribution in [-0.4, -0.2) is 24.0 Å². The molecule has 0 aromatic heterocycles. The third kappa shape index (κ3) is 4.26. The van der Waals surface area contributed by atoms with E-state index in [1.54, 1.807) is 12.5 Å². The summed E-state index contributed by atoms with van der Waals surface area (Å²) >= 11 is 0. The van der Waals surface area contributed by atoms with Gasteiger partial charge in [-0.15, -0.1) is 0 Å². The number of rotatable bonds is 9. The molecule has 1 radical (unpaired) electrons. The minimum atomic E-state index is -0.0763. The van der Waals surface area contributed by atoms with Gasteiger partial charge in [0.05, 0.1) is 11.3 Å². The summed E-state index contributed by atoms with van der Waals surface area (Å²) in [6, 6.07) is 5.39. The van der Waals surface area contributed by atoms with E-state index in [0.29, 0.717) is 5.56 Å². The predicted octanol–water partition coefficient (Wildman–Crippen LogP) is 4.21. The number of Topliss-reactive ketones (excluding diaryl/α,β-unsaturated/α-hetero) is 1. The Morgan fingerprint density at radius 2 is 1.90 bits per heavy atom. The van der Waals surface area contributed by atoms with Crippen LogP contribution in [0.3, 0.4) is 0 Å². The summed E-state index contributed by atoms with van der Waals surface area (Å²) in [4.78, 5) is 14.2. The Bertz CT molecular complexity index is 425. The fourth-order valence-electron chi connectivity index (χ4n) is 2.29. The minimum Gasteiger partial charge on any atom is -0.505 e. The highest BCUT2D eigenvalue weighted by Gasteiger charge is 2.16. The van der Waals surface area contributed by atoms with Crippen LogP contribution >= 0.6 is 0 Å². The molecule has 0 fully saturated rings. The lowest BCUT2D eigenvalue weighted by molar-refractivity contribution is 0.102. The number of ketones is 1. The molecule has 1 aromatic carbocycles. The van der Waals surface area contributed by atoms with E-state index in [-0.39, 0.29) is 11.5 Å². The van der Waals surface area contributed by atoms with Crippen molar-refractivity contribution in [3.63, 3.8) is 0 Å². The summed E-state index contributed by atoms with van der Waals surface area (Å²) in [6.07, 6.45) is 5.77. The molecule has 0 atom stereocenters. The number of aromatic hydroxyl groups is 1. The molecule has 1 N–H and O–H groups in total. The van der Waals surface area contributed by atoms with Crippen molar-refractivity contribution >= 4 is 11.5 Å². The average Bonchev–Trinajstić information content (AvgIpc) is 2.46. The van der Waals surface area contributed by atoms with Gasteiger partial charge in [0.15, 0.2) is 5.78 Å². The normalized spacial score (nSPS) is 10.6. The van der Waals surface area contributed by atoms with E-state index < -0.39 is 0 Å². The van der Waals surface area contributed by atoms with Crippen molar-refractivity contribution in [2.45, 2.75) is 46.5 Å². The van der Waals surface area contributed by atoms with E-state index in [1.165, 1.54) is 0 Å². The second kappa shape index (κ2) is 8.62. The molecule has 3 nitrogen and oxygen atoms in total. The number of unbranched alkanes of at least 4 members (excludes halogenated alkanes) is 3. The molecule has 0 amide bonds. The molecule has 0 aliphatic carbocycles. The lowest BCUT2D eigenvalue weighted by atomic mass is 10.0. The summed E-state index contributed by atoms with van der Waals surface area (Å²) in [5, 5.41) is 10.3. The summed E-state index contributed by atoms with van der Waals surface area (Å²) in [6.45, 7) is 7.83. The molecule has 0 saturated carbocycles. The Morgan fingerprint density at radius 1 is 1.20 bits per heavy atom. The first kappa shape index (κ1) is 16.5. The van der Waals surface area contributed by atoms with Gasteiger partial charge in [0.2, 0.25) is 0 Å². The maximum absolute atomic E-state index is 12.1. The molecule has 0 spiro atoms. The largest absolute Gasteiger partial charge is 0.505 e. The lowest BCUT2D eigenvalue weighted by Gasteiger charge is -2.22. The number of phenolic OH excluding ortho intramolecular Hbond substituents is 1. The average molecular weight is 276 g/mol. The van der Waals surface area contributed by atoms with Gasteiger partial charge in [-0.2, -0.15) is 0 Å². The zero-order valence-electron chi connectivity index (χ0n) is 12.9. The van der Waals surface area contributed by atoms with E-state index in [9.17, 15) is 9.90 Å². The first-order chi connectivity index (χ1) is 9.65. The second-order valence-electron chi connectivity index (χ2n) is 4.91. The van der Waals surface area contributed by atoms with Crippen LogP contribution in [0.5, 0.6) is 5.75 Å². The van der Waals surface area contributed by atoms with Crippen LogP contribution in [0.1, 0.15) is 56.8 Å². The first-order valence-corrected chi connectivity index (χ1v) is 7.60. The molecule has 0 bridgehead atoms. The summed E-state index contributed by atoms with van der Waals surface area (Å²) in [5.74, 6) is 0.0283. The number of hydrogen-bond donors (Lipinski definition) is 1. The molecule has 3 heteroatoms. The number of carbonyl (C=O) groups excluding carboxylic acids is 1. The highest BCUT2D eigenvalue weighted by Crippen LogP contribution is 2.31. The molecule has 0 saturated heterocycles. The Kier molecular flexibility index (Phi) is 7.13. The third-order valence-corrected chi connectivity index (χ3v) is 3.52. The number of nitrogens with zero attached hydrogens (tertiary/aromatic N) is 1. The SMILES string of the molecule is CCCCC[CH]C(=O)c1cccc(N(CC)CC)c1O. The number of para-hydroxylation sites is 1. The number of hydrogen-bond acceptors (Lipinski definition) is 3. The number of phenols is 1. The molecule has 0 unspecified atom stereocenters. The Morgan fingerprint density at radius 3 is 2.50 bits per heavy atom. The standard InChI is InChI=1S/C17H26NO2/c1-4-7-8-9-13-16(19)14-11-10-12-15(17(14)20)18(5-2)6-3/h10-13,20H,4-9H2,1-3H3. The lowest BCUT2D eigenvalue weighted by Crippen LogP contribution is -2.22. The molecule has 0 aliphatic rings. The van der Waals surface area contributed by atoms with Crippen molar-refractivity contribution in [3.8, 4) is 5.75 Å². The molecule has 111 valence electrons. The molecular formula is C17H26NO2. The van der Waals surface area contributed by atoms with E-state index in [1.807, 2.05) is 30.9 Å². The highest BCUT2D eigenvalue weighted by atomic mass is 16.3. The van der Waals surface area contributed by atoms with Crippen LogP contribution < -0.4 is 4.90 Å². The van der Waals surface area contributed by atoms with Gasteiger partial charge in [-0.3, -0.25) is 4.79 Å². The van der Waals surface area contributed by atoms with Crippen LogP contribution in [-0.2, 0) is 0 Å². The highest BCUT2D eigenvalue weighted by molar-refractivity contribution is 6.05. The van der Waals surface area contributed by atoms with Gasteiger partial charge in [0.1, 0.15) is 5.75 Å². The van der Waals surface area contributed by atoms with E-state index in [0.717, 1.165) is 44.5 Å². The summed E-state index contributed by atoms with van der Waals surface area (Å²) in [7, 11) is 0. The fraction of sp³-hybridized carbons (Fsp3) is 0.529. The zero-order chi connectivity index (χ0) is 15.0. The second-order valence-corrected chi connectivity index (χ2v) is 4.91. The molecule has 1 rings (SSSR count). The molecular weight excluding hydrogens is 250 g/mol. The topological polar surface area (TPSA) is 40.5 Å². The third-order valence-electron chi connectivity index (χ3n) is 3.52. The van der Waals surface area contributed by atoms with Gasteiger partial charge in [0.25, 0.3) is 0 Å². The van der Waals surface area contributed by atoms with Gasteiger partial charge >= 0.3 is 0 Å². The monoisotopic (exact) mass is 276 g/mol. The van der Waals surface area contributed by atoms with Crippen LogP contribution in [0.15, 0.2) is 18.2 Å². The molecule has 20 heavy (non-hydrogen) atoms. The van der Waals surface area contributed by atoms with Gasteiger partial charge < -0.3 is 10.0 Å². The first-order valence-electron chi connectivity index (χ1n) is 7.60. The fourth-order valence-corrected chi connectivity index (χ4v) is 2.29. The van der Waals surface area contributed by atoms with E-state index in [4.69, 9.17) is 0 Å². The smallest absolute Gasteiger partial charge is 0.170 e. The Labute approximate surface area is 122 Å². The van der Waals surface area contributed by atoms with Crippen LogP contribution in [0.4, 0.5) is 5.69 Å². The zero-order valence-corrected chi connectivity index (χ0v) is 12.9. The van der Waals surface area contributed by atoms with Crippen LogP contribution in [0.25, 0.3) is 0 Å². The minimum absolute atomic E-state index is 0.0763. The molecule has 0 heterocycles. The van der Waals surface area contributed by atoms with Crippen molar-refractivity contribution in [1.82, 2.24) is 0 Å². The Balaban J connectivity index is 2.80. The summed E-state index contributed by atoms with van der Waals surface area (Å²) < 4.78 is 0. The van der Waals surface area contributed by atoms with Crippen molar-refractivity contribution in [1.29, 1.82) is 0 Å². The van der Waals surface area contributed by atoms with E-state index in [2.05, 4.69) is 6.92 Å². The molecule has 0 aliphatic heterocycles. The van der Waals surface area contributed by atoms with Gasteiger partial charge in [-0.1, -0.05) is 32.3 Å². The maximum atomic E-state index is 12.1. The number of benzene rings is 1.